The molecule has 0 atom stereocenters. The van der Waals surface area contributed by atoms with Crippen LogP contribution in [-0.4, -0.2) is 31.4 Å². The van der Waals surface area contributed by atoms with E-state index in [1.807, 2.05) is 0 Å². The van der Waals surface area contributed by atoms with Crippen LogP contribution in [0.2, 0.25) is 0 Å². The number of rotatable bonds is 7. The largest absolute Gasteiger partial charge is 0.573 e. The summed E-state index contributed by atoms with van der Waals surface area (Å²) in [5, 5.41) is 3.17. The second kappa shape index (κ2) is 8.36. The molecular formula is C19H19F3N4O3S. The molecule has 3 aromatic rings. The first kappa shape index (κ1) is 21.7. The fourth-order valence-corrected chi connectivity index (χ4v) is 3.49. The first-order valence-electron chi connectivity index (χ1n) is 8.72. The highest BCUT2D eigenvalue weighted by Gasteiger charge is 2.30. The molecule has 0 saturated heterocycles. The smallest absolute Gasteiger partial charge is 0.406 e. The molecule has 0 amide bonds. The van der Waals surface area contributed by atoms with E-state index in [1.165, 1.54) is 43.4 Å². The van der Waals surface area contributed by atoms with Crippen molar-refractivity contribution in [1.82, 2.24) is 14.3 Å². The molecule has 0 bridgehead atoms. The molecule has 0 saturated carbocycles. The lowest BCUT2D eigenvalue weighted by Crippen LogP contribution is -2.18. The van der Waals surface area contributed by atoms with Crippen LogP contribution < -0.4 is 14.8 Å². The lowest BCUT2D eigenvalue weighted by atomic mass is 10.1. The van der Waals surface area contributed by atoms with Gasteiger partial charge in [-0.2, -0.15) is 0 Å². The summed E-state index contributed by atoms with van der Waals surface area (Å²) in [5.74, 6) is -0.304. The molecule has 0 spiro atoms. The van der Waals surface area contributed by atoms with E-state index in [0.717, 1.165) is 0 Å². The monoisotopic (exact) mass is 440 g/mol. The second-order valence-electron chi connectivity index (χ2n) is 6.38. The van der Waals surface area contributed by atoms with Gasteiger partial charge >= 0.3 is 6.36 Å². The van der Waals surface area contributed by atoms with Crippen molar-refractivity contribution < 1.29 is 26.3 Å². The molecule has 3 rings (SSSR count). The van der Waals surface area contributed by atoms with Gasteiger partial charge in [0.1, 0.15) is 5.75 Å². The molecule has 0 aliphatic heterocycles. The minimum absolute atomic E-state index is 0.0878. The number of imidazole rings is 1. The Labute approximate surface area is 171 Å². The number of aromatic nitrogens is 2. The molecule has 11 heteroatoms. The fourth-order valence-electron chi connectivity index (χ4n) is 2.73. The number of anilines is 1. The Hall–Kier alpha value is -3.05. The van der Waals surface area contributed by atoms with E-state index in [4.69, 9.17) is 0 Å². The van der Waals surface area contributed by atoms with Crippen LogP contribution in [0.25, 0.3) is 11.3 Å². The first-order valence-corrected chi connectivity index (χ1v) is 10.2. The zero-order valence-corrected chi connectivity index (χ0v) is 16.9. The van der Waals surface area contributed by atoms with E-state index >= 15 is 0 Å². The Kier molecular flexibility index (Phi) is 6.04. The van der Waals surface area contributed by atoms with Gasteiger partial charge in [0.25, 0.3) is 0 Å². The van der Waals surface area contributed by atoms with Crippen molar-refractivity contribution in [2.75, 3.05) is 12.4 Å². The van der Waals surface area contributed by atoms with Crippen LogP contribution in [0.5, 0.6) is 5.75 Å². The zero-order valence-electron chi connectivity index (χ0n) is 16.1. The van der Waals surface area contributed by atoms with Crippen LogP contribution in [0, 0.1) is 0 Å². The van der Waals surface area contributed by atoms with Crippen molar-refractivity contribution in [1.29, 1.82) is 0 Å². The van der Waals surface area contributed by atoms with Gasteiger partial charge in [-0.3, -0.25) is 0 Å². The van der Waals surface area contributed by atoms with Crippen molar-refractivity contribution in [3.8, 4) is 17.0 Å². The number of benzene rings is 2. The van der Waals surface area contributed by atoms with Crippen LogP contribution in [0.3, 0.4) is 0 Å². The van der Waals surface area contributed by atoms with Crippen molar-refractivity contribution in [3.63, 3.8) is 0 Å². The van der Waals surface area contributed by atoms with E-state index in [-0.39, 0.29) is 10.6 Å². The third kappa shape index (κ3) is 5.30. The minimum atomic E-state index is -4.74. The molecule has 0 unspecified atom stereocenters. The average molecular weight is 440 g/mol. The van der Waals surface area contributed by atoms with Gasteiger partial charge in [0, 0.05) is 31.0 Å². The maximum Gasteiger partial charge on any atom is 0.573 e. The summed E-state index contributed by atoms with van der Waals surface area (Å²) in [6, 6.07) is 10.1. The Morgan fingerprint density at radius 2 is 1.83 bits per heavy atom. The molecule has 0 radical (unpaired) electrons. The fraction of sp³-hybridized carbons (Fsp3) is 0.211. The summed E-state index contributed by atoms with van der Waals surface area (Å²) < 4.78 is 69.0. The number of ether oxygens (including phenoxy) is 1. The van der Waals surface area contributed by atoms with Gasteiger partial charge in [-0.1, -0.05) is 12.1 Å². The van der Waals surface area contributed by atoms with Crippen molar-refractivity contribution in [2.45, 2.75) is 17.8 Å². The maximum absolute atomic E-state index is 12.3. The van der Waals surface area contributed by atoms with Crippen molar-refractivity contribution in [3.05, 3.63) is 60.6 Å². The topological polar surface area (TPSA) is 85.3 Å². The van der Waals surface area contributed by atoms with E-state index in [1.54, 1.807) is 30.2 Å². The molecule has 160 valence electrons. The molecule has 7 nitrogen and oxygen atoms in total. The predicted molar refractivity (Wildman–Crippen MR) is 105 cm³/mol. The Bertz CT molecular complexity index is 1130. The highest BCUT2D eigenvalue weighted by atomic mass is 32.2. The molecule has 2 aromatic carbocycles. The molecular weight excluding hydrogens is 421 g/mol. The minimum Gasteiger partial charge on any atom is -0.406 e. The molecule has 0 fully saturated rings. The predicted octanol–water partition coefficient (Wildman–Crippen LogP) is 3.51. The first-order chi connectivity index (χ1) is 14.1. The number of aryl methyl sites for hydroxylation is 1. The lowest BCUT2D eigenvalue weighted by Gasteiger charge is -2.14. The Balaban J connectivity index is 1.85. The van der Waals surface area contributed by atoms with Crippen LogP contribution in [0.4, 0.5) is 18.9 Å². The number of alkyl halides is 3. The highest BCUT2D eigenvalue weighted by Crippen LogP contribution is 2.30. The summed E-state index contributed by atoms with van der Waals surface area (Å²) in [5.41, 5.74) is 2.48. The van der Waals surface area contributed by atoms with Crippen LogP contribution >= 0.6 is 0 Å². The summed E-state index contributed by atoms with van der Waals surface area (Å²) in [7, 11) is -0.522. The molecule has 1 aromatic heterocycles. The number of sulfonamides is 1. The standard InChI is InChI=1S/C19H19F3N4O3S/c1-23-30(27,28)15-7-8-17(16(9-15)18-11-26(2)12-25-18)24-10-13-3-5-14(6-4-13)29-19(20,21)22/h3-9,11-12,23-24H,10H2,1-2H3. The van der Waals surface area contributed by atoms with E-state index < -0.39 is 16.4 Å². The second-order valence-corrected chi connectivity index (χ2v) is 8.27. The molecule has 2 N–H and O–H groups in total. The van der Waals surface area contributed by atoms with Crippen LogP contribution in [0.15, 0.2) is 59.9 Å². The van der Waals surface area contributed by atoms with E-state index in [0.29, 0.717) is 29.1 Å². The molecule has 1 heterocycles. The van der Waals surface area contributed by atoms with Gasteiger partial charge in [-0.15, -0.1) is 13.2 Å². The number of hydrogen-bond donors (Lipinski definition) is 2. The number of nitrogens with zero attached hydrogens (tertiary/aromatic N) is 2. The molecule has 0 aliphatic carbocycles. The summed E-state index contributed by atoms with van der Waals surface area (Å²) in [6.07, 6.45) is -1.40. The van der Waals surface area contributed by atoms with Crippen LogP contribution in [-0.2, 0) is 23.6 Å². The quantitative estimate of drug-likeness (QED) is 0.587. The lowest BCUT2D eigenvalue weighted by molar-refractivity contribution is -0.274. The maximum atomic E-state index is 12.3. The van der Waals surface area contributed by atoms with Gasteiger partial charge < -0.3 is 14.6 Å². The third-order valence-electron chi connectivity index (χ3n) is 4.19. The molecule has 30 heavy (non-hydrogen) atoms. The van der Waals surface area contributed by atoms with Crippen LogP contribution in [0.1, 0.15) is 5.56 Å². The Morgan fingerprint density at radius 3 is 2.40 bits per heavy atom. The van der Waals surface area contributed by atoms with Crippen molar-refractivity contribution in [2.24, 2.45) is 7.05 Å². The highest BCUT2D eigenvalue weighted by molar-refractivity contribution is 7.89. The van der Waals surface area contributed by atoms with Gasteiger partial charge in [0.2, 0.25) is 10.0 Å². The summed E-state index contributed by atoms with van der Waals surface area (Å²) in [4.78, 5) is 4.37. The number of halogens is 3. The van der Waals surface area contributed by atoms with Gasteiger partial charge in [-0.25, -0.2) is 18.1 Å². The van der Waals surface area contributed by atoms with E-state index in [9.17, 15) is 21.6 Å². The van der Waals surface area contributed by atoms with Gasteiger partial charge in [0.05, 0.1) is 16.9 Å². The normalized spacial score (nSPS) is 12.0. The zero-order chi connectivity index (χ0) is 21.9. The molecule has 0 aliphatic rings. The number of nitrogens with one attached hydrogen (secondary N) is 2. The third-order valence-corrected chi connectivity index (χ3v) is 5.60. The van der Waals surface area contributed by atoms with Gasteiger partial charge in [-0.05, 0) is 42.9 Å². The average Bonchev–Trinajstić information content (AvgIpc) is 3.12. The number of hydrogen-bond acceptors (Lipinski definition) is 5. The summed E-state index contributed by atoms with van der Waals surface area (Å²) >= 11 is 0. The van der Waals surface area contributed by atoms with Gasteiger partial charge in [0.15, 0.2) is 0 Å². The summed E-state index contributed by atoms with van der Waals surface area (Å²) in [6.45, 7) is 0.296. The van der Waals surface area contributed by atoms with Crippen molar-refractivity contribution >= 4 is 15.7 Å². The SMILES string of the molecule is CNS(=O)(=O)c1ccc(NCc2ccc(OC(F)(F)F)cc2)c(-c2cn(C)cn2)c1. The van der Waals surface area contributed by atoms with E-state index in [2.05, 4.69) is 19.8 Å². The Morgan fingerprint density at radius 1 is 1.13 bits per heavy atom.